The molecule has 0 saturated heterocycles. The maximum absolute atomic E-state index is 13.7. The van der Waals surface area contributed by atoms with Gasteiger partial charge in [-0.15, -0.1) is 0 Å². The van der Waals surface area contributed by atoms with Crippen molar-refractivity contribution < 1.29 is 26.3 Å². The highest BCUT2D eigenvalue weighted by molar-refractivity contribution is 5.51. The number of rotatable bonds is 5. The largest absolute Gasteiger partial charge is 0.396 e. The van der Waals surface area contributed by atoms with Crippen LogP contribution in [0.1, 0.15) is 37.9 Å². The summed E-state index contributed by atoms with van der Waals surface area (Å²) in [5.74, 6) is -8.26. The van der Waals surface area contributed by atoms with Crippen LogP contribution in [-0.4, -0.2) is 6.17 Å². The van der Waals surface area contributed by atoms with Gasteiger partial charge in [0.2, 0.25) is 0 Å². The Labute approximate surface area is 106 Å². The Bertz CT molecular complexity index is 433. The minimum absolute atomic E-state index is 0.253. The van der Waals surface area contributed by atoms with Crippen molar-refractivity contribution in [2.24, 2.45) is 0 Å². The molecule has 0 bridgehead atoms. The molecule has 2 N–H and O–H groups in total. The smallest absolute Gasteiger partial charge is 0.199 e. The van der Waals surface area contributed by atoms with E-state index in [4.69, 9.17) is 5.73 Å². The quantitative estimate of drug-likeness (QED) is 0.370. The van der Waals surface area contributed by atoms with Crippen LogP contribution in [0.25, 0.3) is 0 Å². The lowest BCUT2D eigenvalue weighted by Crippen LogP contribution is -2.16. The van der Waals surface area contributed by atoms with E-state index in [1.165, 1.54) is 0 Å². The minimum Gasteiger partial charge on any atom is -0.396 e. The Morgan fingerprint density at radius 3 is 2.00 bits per heavy atom. The van der Waals surface area contributed by atoms with Gasteiger partial charge in [0.15, 0.2) is 29.4 Å². The summed E-state index contributed by atoms with van der Waals surface area (Å²) >= 11 is 0. The van der Waals surface area contributed by atoms with Gasteiger partial charge in [-0.2, -0.15) is 0 Å². The van der Waals surface area contributed by atoms with Crippen molar-refractivity contribution in [2.45, 2.75) is 38.5 Å². The van der Waals surface area contributed by atoms with E-state index in [-0.39, 0.29) is 6.42 Å². The summed E-state index contributed by atoms with van der Waals surface area (Å²) < 4.78 is 79.4. The average molecular weight is 285 g/mol. The number of nitrogen functional groups attached to an aromatic ring is 1. The Kier molecular flexibility index (Phi) is 5.08. The van der Waals surface area contributed by atoms with Gasteiger partial charge >= 0.3 is 0 Å². The zero-order valence-corrected chi connectivity index (χ0v) is 10.1. The number of nitrogens with two attached hydrogens (primary N) is 1. The van der Waals surface area contributed by atoms with Crippen LogP contribution in [0.15, 0.2) is 0 Å². The molecule has 0 spiro atoms. The van der Waals surface area contributed by atoms with Gasteiger partial charge in [0.1, 0.15) is 6.17 Å². The highest BCUT2D eigenvalue weighted by atomic mass is 19.2. The van der Waals surface area contributed by atoms with E-state index in [1.54, 1.807) is 6.92 Å². The van der Waals surface area contributed by atoms with Crippen LogP contribution in [0, 0.1) is 23.3 Å². The molecule has 2 atom stereocenters. The molecule has 108 valence electrons. The molecule has 0 aliphatic rings. The van der Waals surface area contributed by atoms with Crippen molar-refractivity contribution in [2.75, 3.05) is 5.73 Å². The van der Waals surface area contributed by atoms with Gasteiger partial charge in [-0.05, 0) is 6.42 Å². The predicted molar refractivity (Wildman–Crippen MR) is 59.0 cm³/mol. The third-order valence-corrected chi connectivity index (χ3v) is 2.77. The Hall–Kier alpha value is -1.40. The first-order chi connectivity index (χ1) is 8.82. The van der Waals surface area contributed by atoms with Crippen LogP contribution in [0.5, 0.6) is 0 Å². The first-order valence-corrected chi connectivity index (χ1v) is 5.72. The fraction of sp³-hybridized carbons (Fsp3) is 0.500. The predicted octanol–water partition coefficient (Wildman–Crippen LogP) is 4.36. The van der Waals surface area contributed by atoms with E-state index in [0.29, 0.717) is 12.8 Å². The molecule has 0 aliphatic carbocycles. The molecule has 2 unspecified atom stereocenters. The van der Waals surface area contributed by atoms with E-state index < -0.39 is 46.9 Å². The van der Waals surface area contributed by atoms with Gasteiger partial charge in [0.05, 0.1) is 11.3 Å². The van der Waals surface area contributed by atoms with Crippen molar-refractivity contribution in [1.29, 1.82) is 0 Å². The van der Waals surface area contributed by atoms with Gasteiger partial charge in [0, 0.05) is 0 Å². The number of hydrogen-bond acceptors (Lipinski definition) is 1. The minimum atomic E-state index is -2.64. The zero-order chi connectivity index (χ0) is 14.7. The number of benzene rings is 1. The molecular formula is C12H13F6N. The molecule has 0 radical (unpaired) electrons. The molecule has 1 aromatic rings. The van der Waals surface area contributed by atoms with Crippen LogP contribution in [0.4, 0.5) is 32.0 Å². The van der Waals surface area contributed by atoms with E-state index in [2.05, 4.69) is 0 Å². The van der Waals surface area contributed by atoms with Crippen LogP contribution in [0.2, 0.25) is 0 Å². The molecule has 0 aromatic heterocycles. The number of anilines is 1. The maximum atomic E-state index is 13.7. The van der Waals surface area contributed by atoms with E-state index in [9.17, 15) is 26.3 Å². The number of halogens is 6. The Morgan fingerprint density at radius 1 is 0.947 bits per heavy atom. The third-order valence-electron chi connectivity index (χ3n) is 2.77. The van der Waals surface area contributed by atoms with Gasteiger partial charge in [-0.25, -0.2) is 26.3 Å². The molecule has 7 heteroatoms. The second kappa shape index (κ2) is 6.16. The second-order valence-corrected chi connectivity index (χ2v) is 4.14. The van der Waals surface area contributed by atoms with Crippen molar-refractivity contribution in [3.63, 3.8) is 0 Å². The van der Waals surface area contributed by atoms with Crippen LogP contribution < -0.4 is 5.73 Å². The first-order valence-electron chi connectivity index (χ1n) is 5.72. The zero-order valence-electron chi connectivity index (χ0n) is 10.1. The molecule has 0 fully saturated rings. The number of hydrogen-bond donors (Lipinski definition) is 1. The maximum Gasteiger partial charge on any atom is 0.199 e. The van der Waals surface area contributed by atoms with Crippen molar-refractivity contribution >= 4 is 5.69 Å². The molecule has 1 rings (SSSR count). The van der Waals surface area contributed by atoms with Gasteiger partial charge in [-0.3, -0.25) is 0 Å². The molecule has 0 aliphatic heterocycles. The summed E-state index contributed by atoms with van der Waals surface area (Å²) in [6.07, 6.45) is -4.18. The summed E-state index contributed by atoms with van der Waals surface area (Å²) in [5.41, 5.74) is 2.44. The second-order valence-electron chi connectivity index (χ2n) is 4.14. The monoisotopic (exact) mass is 285 g/mol. The lowest BCUT2D eigenvalue weighted by Gasteiger charge is -2.17. The molecule has 0 amide bonds. The van der Waals surface area contributed by atoms with Crippen molar-refractivity contribution in [3.05, 3.63) is 28.8 Å². The molecule has 0 saturated carbocycles. The van der Waals surface area contributed by atoms with E-state index in [0.717, 1.165) is 0 Å². The highest BCUT2D eigenvalue weighted by Crippen LogP contribution is 2.36. The van der Waals surface area contributed by atoms with Crippen LogP contribution in [0.3, 0.4) is 0 Å². The summed E-state index contributed by atoms with van der Waals surface area (Å²) in [5, 5.41) is 0. The van der Waals surface area contributed by atoms with Gasteiger partial charge < -0.3 is 5.73 Å². The van der Waals surface area contributed by atoms with E-state index >= 15 is 0 Å². The summed E-state index contributed by atoms with van der Waals surface area (Å²) in [6, 6.07) is 0. The van der Waals surface area contributed by atoms with E-state index in [1.807, 2.05) is 0 Å². The van der Waals surface area contributed by atoms with Crippen LogP contribution >= 0.6 is 0 Å². The number of alkyl halides is 2. The van der Waals surface area contributed by atoms with Gasteiger partial charge in [0.25, 0.3) is 0 Å². The molecule has 19 heavy (non-hydrogen) atoms. The molecule has 1 aromatic carbocycles. The van der Waals surface area contributed by atoms with Gasteiger partial charge in [-0.1, -0.05) is 19.8 Å². The average Bonchev–Trinajstić information content (AvgIpc) is 2.40. The summed E-state index contributed by atoms with van der Waals surface area (Å²) in [7, 11) is 0. The lowest BCUT2D eigenvalue weighted by atomic mass is 9.99. The SMILES string of the molecule is CCCCC(F)C(F)c1c(N)c(F)c(F)c(F)c1F. The Balaban J connectivity index is 3.20. The topological polar surface area (TPSA) is 26.0 Å². The fourth-order valence-corrected chi connectivity index (χ4v) is 1.66. The van der Waals surface area contributed by atoms with Crippen LogP contribution in [-0.2, 0) is 0 Å². The highest BCUT2D eigenvalue weighted by Gasteiger charge is 2.33. The molecule has 0 heterocycles. The number of unbranched alkanes of at least 4 members (excludes halogenated alkanes) is 1. The standard InChI is InChI=1S/C12H13F6N/c1-2-3-4-5(13)7(14)6-8(15)9(16)10(17)11(18)12(6)19/h5,7H,2-4,19H2,1H3. The first kappa shape index (κ1) is 15.7. The molecular weight excluding hydrogens is 272 g/mol. The molecule has 1 nitrogen and oxygen atoms in total. The Morgan fingerprint density at radius 2 is 1.47 bits per heavy atom. The third kappa shape index (κ3) is 2.96. The van der Waals surface area contributed by atoms with Crippen molar-refractivity contribution in [3.8, 4) is 0 Å². The normalized spacial score (nSPS) is 14.5. The summed E-state index contributed by atoms with van der Waals surface area (Å²) in [4.78, 5) is 0. The lowest BCUT2D eigenvalue weighted by molar-refractivity contribution is 0.152. The van der Waals surface area contributed by atoms with Crippen molar-refractivity contribution in [1.82, 2.24) is 0 Å². The summed E-state index contributed by atoms with van der Waals surface area (Å²) in [6.45, 7) is 1.73. The fourth-order valence-electron chi connectivity index (χ4n) is 1.66.